The highest BCUT2D eigenvalue weighted by atomic mass is 79.9. The van der Waals surface area contributed by atoms with Gasteiger partial charge in [-0.05, 0) is 54.2 Å². The van der Waals surface area contributed by atoms with Crippen molar-refractivity contribution in [2.45, 2.75) is 12.8 Å². The Labute approximate surface area is 138 Å². The summed E-state index contributed by atoms with van der Waals surface area (Å²) in [5.41, 5.74) is 2.07. The minimum Gasteiger partial charge on any atom is -0.496 e. The van der Waals surface area contributed by atoms with E-state index in [9.17, 15) is 4.39 Å². The van der Waals surface area contributed by atoms with Crippen LogP contribution in [0.4, 0.5) is 4.39 Å². The van der Waals surface area contributed by atoms with E-state index in [1.54, 1.807) is 13.2 Å². The summed E-state index contributed by atoms with van der Waals surface area (Å²) < 4.78 is 19.6. The molecule has 1 nitrogen and oxygen atoms in total. The quantitative estimate of drug-likeness (QED) is 0.631. The lowest BCUT2D eigenvalue weighted by molar-refractivity contribution is 0.405. The van der Waals surface area contributed by atoms with Crippen LogP contribution in [-0.4, -0.2) is 13.0 Å². The van der Waals surface area contributed by atoms with Gasteiger partial charge in [0.05, 0.1) is 7.11 Å². The molecule has 0 spiro atoms. The maximum atomic E-state index is 13.4. The van der Waals surface area contributed by atoms with Gasteiger partial charge >= 0.3 is 0 Å². The number of hydrogen-bond donors (Lipinski definition) is 0. The number of methoxy groups -OCH3 is 1. The molecule has 1 atom stereocenters. The summed E-state index contributed by atoms with van der Waals surface area (Å²) in [5.74, 6) is 1.39. The van der Waals surface area contributed by atoms with Crippen LogP contribution in [0.15, 0.2) is 46.9 Å². The summed E-state index contributed by atoms with van der Waals surface area (Å²) in [6.45, 7) is 0. The third-order valence-electron chi connectivity index (χ3n) is 3.37. The molecule has 4 heteroatoms. The molecule has 2 rings (SSSR count). The minimum absolute atomic E-state index is 0.231. The minimum atomic E-state index is -0.231. The highest BCUT2D eigenvalue weighted by Gasteiger charge is 2.13. The van der Waals surface area contributed by atoms with E-state index < -0.39 is 0 Å². The Balaban J connectivity index is 2.13. The van der Waals surface area contributed by atoms with Crippen LogP contribution in [0, 0.1) is 11.7 Å². The summed E-state index contributed by atoms with van der Waals surface area (Å²) in [7, 11) is 1.66. The molecule has 0 aliphatic rings. The molecule has 0 amide bonds. The fourth-order valence-electron chi connectivity index (χ4n) is 2.43. The Hall–Kier alpha value is -1.06. The van der Waals surface area contributed by atoms with Gasteiger partial charge in [-0.2, -0.15) is 0 Å². The molecular formula is C17H17BrClFO. The van der Waals surface area contributed by atoms with Crippen molar-refractivity contribution in [3.8, 4) is 5.75 Å². The van der Waals surface area contributed by atoms with Gasteiger partial charge in [-0.1, -0.05) is 34.1 Å². The van der Waals surface area contributed by atoms with Crippen LogP contribution in [0.1, 0.15) is 11.1 Å². The molecule has 0 saturated heterocycles. The molecule has 0 N–H and O–H groups in total. The highest BCUT2D eigenvalue weighted by molar-refractivity contribution is 9.10. The third kappa shape index (κ3) is 4.72. The average Bonchev–Trinajstić information content (AvgIpc) is 2.46. The number of hydrogen-bond acceptors (Lipinski definition) is 1. The summed E-state index contributed by atoms with van der Waals surface area (Å²) >= 11 is 9.42. The van der Waals surface area contributed by atoms with Gasteiger partial charge in [0.15, 0.2) is 0 Å². The summed E-state index contributed by atoms with van der Waals surface area (Å²) in [6.07, 6.45) is 1.54. The molecule has 0 aliphatic carbocycles. The Morgan fingerprint density at radius 1 is 1.19 bits per heavy atom. The molecule has 0 radical (unpaired) electrons. The maximum Gasteiger partial charge on any atom is 0.124 e. The number of halogens is 3. The summed E-state index contributed by atoms with van der Waals surface area (Å²) in [4.78, 5) is 0. The zero-order valence-corrected chi connectivity index (χ0v) is 14.1. The first-order chi connectivity index (χ1) is 10.1. The number of alkyl halides is 1. The average molecular weight is 372 g/mol. The van der Waals surface area contributed by atoms with Crippen LogP contribution in [-0.2, 0) is 12.8 Å². The van der Waals surface area contributed by atoms with Crippen LogP contribution in [0.5, 0.6) is 5.75 Å². The molecule has 112 valence electrons. The van der Waals surface area contributed by atoms with Crippen LogP contribution in [0.2, 0.25) is 0 Å². The van der Waals surface area contributed by atoms with Crippen molar-refractivity contribution in [1.29, 1.82) is 0 Å². The van der Waals surface area contributed by atoms with Gasteiger partial charge in [-0.3, -0.25) is 0 Å². The number of para-hydroxylation sites is 1. The monoisotopic (exact) mass is 370 g/mol. The van der Waals surface area contributed by atoms with E-state index in [0.717, 1.165) is 34.2 Å². The normalized spacial score (nSPS) is 12.2. The van der Waals surface area contributed by atoms with Crippen molar-refractivity contribution < 1.29 is 9.13 Å². The molecule has 2 aromatic rings. The van der Waals surface area contributed by atoms with E-state index in [-0.39, 0.29) is 11.7 Å². The first kappa shape index (κ1) is 16.3. The van der Waals surface area contributed by atoms with Crippen LogP contribution in [0.3, 0.4) is 0 Å². The predicted molar refractivity (Wildman–Crippen MR) is 88.7 cm³/mol. The second-order valence-electron chi connectivity index (χ2n) is 5.02. The number of ether oxygens (including phenoxy) is 1. The topological polar surface area (TPSA) is 9.23 Å². The van der Waals surface area contributed by atoms with E-state index in [0.29, 0.717) is 5.88 Å². The van der Waals surface area contributed by atoms with E-state index in [4.69, 9.17) is 16.3 Å². The standard InChI is InChI=1S/C17H17BrClFO/c1-21-17-5-3-2-4-14(17)7-13(11-19)6-12-8-15(18)10-16(20)9-12/h2-5,8-10,13H,6-7,11H2,1H3. The van der Waals surface area contributed by atoms with Crippen LogP contribution >= 0.6 is 27.5 Å². The second-order valence-corrected chi connectivity index (χ2v) is 6.24. The second kappa shape index (κ2) is 7.81. The fraction of sp³-hybridized carbons (Fsp3) is 0.294. The maximum absolute atomic E-state index is 13.4. The number of benzene rings is 2. The molecule has 21 heavy (non-hydrogen) atoms. The Kier molecular flexibility index (Phi) is 6.07. The van der Waals surface area contributed by atoms with Crippen molar-refractivity contribution in [3.63, 3.8) is 0 Å². The first-order valence-corrected chi connectivity index (χ1v) is 8.08. The Bertz CT molecular complexity index is 583. The summed E-state index contributed by atoms with van der Waals surface area (Å²) in [6, 6.07) is 12.9. The highest BCUT2D eigenvalue weighted by Crippen LogP contribution is 2.25. The molecule has 0 heterocycles. The van der Waals surface area contributed by atoms with Crippen molar-refractivity contribution in [1.82, 2.24) is 0 Å². The lowest BCUT2D eigenvalue weighted by atomic mass is 9.93. The Morgan fingerprint density at radius 3 is 2.62 bits per heavy atom. The molecule has 1 unspecified atom stereocenters. The van der Waals surface area contributed by atoms with Gasteiger partial charge in [0.1, 0.15) is 11.6 Å². The zero-order valence-electron chi connectivity index (χ0n) is 11.8. The van der Waals surface area contributed by atoms with E-state index in [1.165, 1.54) is 6.07 Å². The van der Waals surface area contributed by atoms with Crippen LogP contribution in [0.25, 0.3) is 0 Å². The predicted octanol–water partition coefficient (Wildman–Crippen LogP) is 5.24. The molecule has 0 aromatic heterocycles. The van der Waals surface area contributed by atoms with Gasteiger partial charge in [-0.15, -0.1) is 11.6 Å². The number of rotatable bonds is 6. The van der Waals surface area contributed by atoms with E-state index in [2.05, 4.69) is 15.9 Å². The van der Waals surface area contributed by atoms with Gasteiger partial charge < -0.3 is 4.74 Å². The van der Waals surface area contributed by atoms with Crippen molar-refractivity contribution in [2.24, 2.45) is 5.92 Å². The molecule has 0 aliphatic heterocycles. The lowest BCUT2D eigenvalue weighted by Gasteiger charge is -2.16. The van der Waals surface area contributed by atoms with Gasteiger partial charge in [0.25, 0.3) is 0 Å². The Morgan fingerprint density at radius 2 is 1.95 bits per heavy atom. The van der Waals surface area contributed by atoms with Crippen LogP contribution < -0.4 is 4.74 Å². The fourth-order valence-corrected chi connectivity index (χ4v) is 3.16. The van der Waals surface area contributed by atoms with E-state index >= 15 is 0 Å². The van der Waals surface area contributed by atoms with Crippen molar-refractivity contribution in [2.75, 3.05) is 13.0 Å². The molecule has 0 fully saturated rings. The summed E-state index contributed by atoms with van der Waals surface area (Å²) in [5, 5.41) is 0. The van der Waals surface area contributed by atoms with Crippen molar-refractivity contribution >= 4 is 27.5 Å². The van der Waals surface area contributed by atoms with Gasteiger partial charge in [0, 0.05) is 10.4 Å². The molecule has 0 saturated carbocycles. The zero-order chi connectivity index (χ0) is 15.2. The molecular weight excluding hydrogens is 355 g/mol. The van der Waals surface area contributed by atoms with E-state index in [1.807, 2.05) is 30.3 Å². The smallest absolute Gasteiger partial charge is 0.124 e. The molecule has 0 bridgehead atoms. The van der Waals surface area contributed by atoms with Crippen molar-refractivity contribution in [3.05, 3.63) is 63.9 Å². The largest absolute Gasteiger partial charge is 0.496 e. The third-order valence-corrected chi connectivity index (χ3v) is 4.26. The van der Waals surface area contributed by atoms with Gasteiger partial charge in [0.2, 0.25) is 0 Å². The first-order valence-electron chi connectivity index (χ1n) is 6.75. The van der Waals surface area contributed by atoms with Gasteiger partial charge in [-0.25, -0.2) is 4.39 Å². The molecule has 2 aromatic carbocycles. The SMILES string of the molecule is COc1ccccc1CC(CCl)Cc1cc(F)cc(Br)c1. The lowest BCUT2D eigenvalue weighted by Crippen LogP contribution is -2.11.